The number of benzene rings is 1. The van der Waals surface area contributed by atoms with E-state index in [0.717, 1.165) is 62.6 Å². The normalized spacial score (nSPS) is 15.4. The van der Waals surface area contributed by atoms with Gasteiger partial charge in [-0.1, -0.05) is 32.0 Å². The maximum Gasteiger partial charge on any atom is 0.191 e. The van der Waals surface area contributed by atoms with Gasteiger partial charge >= 0.3 is 0 Å². The van der Waals surface area contributed by atoms with Crippen LogP contribution < -0.4 is 15.5 Å². The van der Waals surface area contributed by atoms with Crippen molar-refractivity contribution in [1.29, 1.82) is 0 Å². The molecule has 176 valence electrons. The molecule has 32 heavy (non-hydrogen) atoms. The van der Waals surface area contributed by atoms with Crippen LogP contribution in [0.5, 0.6) is 0 Å². The summed E-state index contributed by atoms with van der Waals surface area (Å²) < 4.78 is 20.2. The third-order valence-corrected chi connectivity index (χ3v) is 6.27. The fourth-order valence-electron chi connectivity index (χ4n) is 4.11. The van der Waals surface area contributed by atoms with Gasteiger partial charge < -0.3 is 25.0 Å². The zero-order valence-electron chi connectivity index (χ0n) is 19.8. The number of anilines is 1. The SMILES string of the molecule is CCC(CC)c1cc(CNC(=NC)NCc2ccc(N3CCN(CC)CC3)c(F)c2)on1. The van der Waals surface area contributed by atoms with Gasteiger partial charge in [-0.3, -0.25) is 4.99 Å². The van der Waals surface area contributed by atoms with E-state index in [1.54, 1.807) is 13.1 Å². The number of rotatable bonds is 9. The van der Waals surface area contributed by atoms with Gasteiger partial charge in [0.25, 0.3) is 0 Å². The van der Waals surface area contributed by atoms with Crippen molar-refractivity contribution in [2.75, 3.05) is 44.7 Å². The molecular formula is C24H37FN6O. The van der Waals surface area contributed by atoms with Crippen molar-refractivity contribution in [3.63, 3.8) is 0 Å². The highest BCUT2D eigenvalue weighted by Gasteiger charge is 2.18. The summed E-state index contributed by atoms with van der Waals surface area (Å²) in [6, 6.07) is 7.48. The van der Waals surface area contributed by atoms with Crippen molar-refractivity contribution in [2.24, 2.45) is 4.99 Å². The number of nitrogens with one attached hydrogen (secondary N) is 2. The minimum absolute atomic E-state index is 0.173. The molecule has 0 atom stereocenters. The summed E-state index contributed by atoms with van der Waals surface area (Å²) in [6.45, 7) is 12.2. The third-order valence-electron chi connectivity index (χ3n) is 6.27. The monoisotopic (exact) mass is 444 g/mol. The van der Waals surface area contributed by atoms with E-state index in [2.05, 4.69) is 51.4 Å². The first kappa shape index (κ1) is 24.0. The van der Waals surface area contributed by atoms with Gasteiger partial charge in [0.05, 0.1) is 17.9 Å². The molecule has 2 N–H and O–H groups in total. The summed E-state index contributed by atoms with van der Waals surface area (Å²) in [6.07, 6.45) is 2.09. The molecule has 8 heteroatoms. The molecule has 0 unspecified atom stereocenters. The summed E-state index contributed by atoms with van der Waals surface area (Å²) in [5.74, 6) is 1.66. The first-order valence-electron chi connectivity index (χ1n) is 11.7. The highest BCUT2D eigenvalue weighted by molar-refractivity contribution is 5.79. The van der Waals surface area contributed by atoms with Crippen LogP contribution in [0.3, 0.4) is 0 Å². The lowest BCUT2D eigenvalue weighted by atomic mass is 9.99. The van der Waals surface area contributed by atoms with Crippen molar-refractivity contribution in [3.05, 3.63) is 47.1 Å². The average Bonchev–Trinajstić information content (AvgIpc) is 3.29. The molecule has 2 aromatic rings. The van der Waals surface area contributed by atoms with Crippen LogP contribution in [0.15, 0.2) is 33.8 Å². The van der Waals surface area contributed by atoms with Crippen molar-refractivity contribution < 1.29 is 8.91 Å². The molecule has 1 saturated heterocycles. The van der Waals surface area contributed by atoms with Crippen LogP contribution in [0.1, 0.15) is 56.5 Å². The van der Waals surface area contributed by atoms with Crippen molar-refractivity contribution in [1.82, 2.24) is 20.7 Å². The molecule has 0 radical (unpaired) electrons. The molecule has 0 saturated carbocycles. The molecule has 1 aromatic carbocycles. The number of hydrogen-bond acceptors (Lipinski definition) is 5. The second-order valence-electron chi connectivity index (χ2n) is 8.22. The fraction of sp³-hybridized carbons (Fsp3) is 0.583. The maximum absolute atomic E-state index is 14.8. The molecule has 1 fully saturated rings. The number of aliphatic imine (C=N–C) groups is 1. The Morgan fingerprint density at radius 3 is 2.44 bits per heavy atom. The highest BCUT2D eigenvalue weighted by Crippen LogP contribution is 2.23. The summed E-state index contributed by atoms with van der Waals surface area (Å²) in [7, 11) is 1.71. The lowest BCUT2D eigenvalue weighted by molar-refractivity contribution is 0.270. The molecular weight excluding hydrogens is 407 g/mol. The van der Waals surface area contributed by atoms with Crippen LogP contribution in [0, 0.1) is 5.82 Å². The average molecular weight is 445 g/mol. The van der Waals surface area contributed by atoms with E-state index in [1.807, 2.05) is 18.2 Å². The number of halogens is 1. The van der Waals surface area contributed by atoms with Crippen LogP contribution >= 0.6 is 0 Å². The van der Waals surface area contributed by atoms with Crippen LogP contribution in [0.25, 0.3) is 0 Å². The zero-order chi connectivity index (χ0) is 22.9. The fourth-order valence-corrected chi connectivity index (χ4v) is 4.11. The smallest absolute Gasteiger partial charge is 0.191 e. The topological polar surface area (TPSA) is 68.9 Å². The highest BCUT2D eigenvalue weighted by atomic mass is 19.1. The second kappa shape index (κ2) is 11.9. The van der Waals surface area contributed by atoms with Crippen molar-refractivity contribution in [3.8, 4) is 0 Å². The summed E-state index contributed by atoms with van der Waals surface area (Å²) in [5, 5.41) is 10.7. The van der Waals surface area contributed by atoms with E-state index in [1.165, 1.54) is 0 Å². The summed E-state index contributed by atoms with van der Waals surface area (Å²) in [4.78, 5) is 8.76. The molecule has 2 heterocycles. The Hall–Kier alpha value is -2.61. The minimum atomic E-state index is -0.173. The molecule has 0 spiro atoms. The standard InChI is InChI=1S/C24H37FN6O/c1-5-19(6-2)22-15-20(32-29-22)17-28-24(26-4)27-16-18-8-9-23(21(25)14-18)31-12-10-30(7-3)11-13-31/h8-9,14-15,19H,5-7,10-13,16-17H2,1-4H3,(H2,26,27,28). The zero-order valence-corrected chi connectivity index (χ0v) is 19.8. The van der Waals surface area contributed by atoms with Crippen LogP contribution in [-0.4, -0.2) is 55.8 Å². The first-order chi connectivity index (χ1) is 15.6. The van der Waals surface area contributed by atoms with E-state index < -0.39 is 0 Å². The lowest BCUT2D eigenvalue weighted by Crippen LogP contribution is -2.46. The second-order valence-corrected chi connectivity index (χ2v) is 8.22. The largest absolute Gasteiger partial charge is 0.367 e. The van der Waals surface area contributed by atoms with Crippen LogP contribution in [0.2, 0.25) is 0 Å². The minimum Gasteiger partial charge on any atom is -0.367 e. The Labute approximate surface area is 191 Å². The van der Waals surface area contributed by atoms with Crippen molar-refractivity contribution in [2.45, 2.75) is 52.6 Å². The quantitative estimate of drug-likeness (QED) is 0.454. The number of nitrogens with zero attached hydrogens (tertiary/aromatic N) is 4. The Bertz CT molecular complexity index is 871. The number of aromatic nitrogens is 1. The van der Waals surface area contributed by atoms with Crippen LogP contribution in [-0.2, 0) is 13.1 Å². The van der Waals surface area contributed by atoms with Gasteiger partial charge in [0.1, 0.15) is 5.82 Å². The molecule has 1 aliphatic rings. The third kappa shape index (κ3) is 6.22. The van der Waals surface area contributed by atoms with E-state index >= 15 is 0 Å². The predicted octanol–water partition coefficient (Wildman–Crippen LogP) is 3.72. The van der Waals surface area contributed by atoms with Crippen molar-refractivity contribution >= 4 is 11.6 Å². The number of hydrogen-bond donors (Lipinski definition) is 2. The Morgan fingerprint density at radius 2 is 1.81 bits per heavy atom. The first-order valence-corrected chi connectivity index (χ1v) is 11.7. The molecule has 3 rings (SSSR count). The number of guanidine groups is 1. The number of likely N-dealkylation sites (N-methyl/N-ethyl adjacent to an activating group) is 1. The Kier molecular flexibility index (Phi) is 8.90. The molecule has 0 amide bonds. The Balaban J connectivity index is 1.50. The molecule has 1 aliphatic heterocycles. The van der Waals surface area contributed by atoms with E-state index in [9.17, 15) is 4.39 Å². The van der Waals surface area contributed by atoms with Gasteiger partial charge in [-0.25, -0.2) is 4.39 Å². The van der Waals surface area contributed by atoms with Gasteiger partial charge in [-0.05, 0) is 37.1 Å². The van der Waals surface area contributed by atoms with Gasteiger partial charge in [-0.15, -0.1) is 0 Å². The predicted molar refractivity (Wildman–Crippen MR) is 128 cm³/mol. The van der Waals surface area contributed by atoms with Gasteiger partial charge in [-0.2, -0.15) is 0 Å². The maximum atomic E-state index is 14.8. The molecule has 0 bridgehead atoms. The van der Waals surface area contributed by atoms with Gasteiger partial charge in [0.15, 0.2) is 11.7 Å². The van der Waals surface area contributed by atoms with Crippen LogP contribution in [0.4, 0.5) is 10.1 Å². The Morgan fingerprint density at radius 1 is 1.09 bits per heavy atom. The van der Waals surface area contributed by atoms with Gasteiger partial charge in [0, 0.05) is 51.8 Å². The summed E-state index contributed by atoms with van der Waals surface area (Å²) in [5.41, 5.74) is 2.56. The van der Waals surface area contributed by atoms with E-state index in [4.69, 9.17) is 4.52 Å². The molecule has 1 aromatic heterocycles. The lowest BCUT2D eigenvalue weighted by Gasteiger charge is -2.35. The van der Waals surface area contributed by atoms with E-state index in [-0.39, 0.29) is 5.82 Å². The van der Waals surface area contributed by atoms with Gasteiger partial charge in [0.2, 0.25) is 0 Å². The molecule has 7 nitrogen and oxygen atoms in total. The molecule has 0 aliphatic carbocycles. The summed E-state index contributed by atoms with van der Waals surface area (Å²) >= 11 is 0. The van der Waals surface area contributed by atoms with E-state index in [0.29, 0.717) is 30.7 Å². The number of piperazine rings is 1.